The first-order valence-corrected chi connectivity index (χ1v) is 17.3. The van der Waals surface area contributed by atoms with Gasteiger partial charge in [0.15, 0.2) is 0 Å². The molecule has 0 unspecified atom stereocenters. The van der Waals surface area contributed by atoms with Gasteiger partial charge in [-0.2, -0.15) is 0 Å². The number of hydrogen-bond donors (Lipinski definition) is 0. The zero-order valence-electron chi connectivity index (χ0n) is 16.6. The Bertz CT molecular complexity index is 1040. The average molecular weight is 516 g/mol. The third-order valence-corrected chi connectivity index (χ3v) is 13.6. The van der Waals surface area contributed by atoms with Gasteiger partial charge in [0.2, 0.25) is 0 Å². The predicted molar refractivity (Wildman–Crippen MR) is 129 cm³/mol. The number of hydrogen-bond acceptors (Lipinski definition) is 0. The summed E-state index contributed by atoms with van der Waals surface area (Å²) in [6, 6.07) is 36.2. The van der Waals surface area contributed by atoms with E-state index in [1.807, 2.05) is 0 Å². The number of fused-ring (bicyclic) bond motifs is 6. The normalized spacial score (nSPS) is 14.3. The van der Waals surface area contributed by atoms with Crippen molar-refractivity contribution in [3.63, 3.8) is 0 Å². The van der Waals surface area contributed by atoms with Gasteiger partial charge in [-0.25, -0.2) is 0 Å². The fourth-order valence-corrected chi connectivity index (χ4v) is 12.7. The molecule has 0 atom stereocenters. The van der Waals surface area contributed by atoms with Gasteiger partial charge in [-0.1, -0.05) is 0 Å². The fraction of sp³-hybridized carbons (Fsp3) is 0.143. The van der Waals surface area contributed by atoms with Gasteiger partial charge < -0.3 is 0 Å². The van der Waals surface area contributed by atoms with Crippen molar-refractivity contribution in [2.75, 3.05) is 0 Å². The van der Waals surface area contributed by atoms with Crippen LogP contribution in [0.2, 0.25) is 10.6 Å². The summed E-state index contributed by atoms with van der Waals surface area (Å²) in [7, 11) is 0. The van der Waals surface area contributed by atoms with Crippen molar-refractivity contribution in [3.05, 3.63) is 119 Å². The van der Waals surface area contributed by atoms with Crippen LogP contribution in [0.4, 0.5) is 0 Å². The van der Waals surface area contributed by atoms with Crippen LogP contribution in [-0.2, 0) is 0 Å². The Hall–Kier alpha value is -2.08. The Morgan fingerprint density at radius 1 is 0.400 bits per heavy atom. The molecular formula is C28H22Se2. The van der Waals surface area contributed by atoms with Crippen LogP contribution in [0.3, 0.4) is 0 Å². The van der Waals surface area contributed by atoms with Crippen LogP contribution < -0.4 is 0 Å². The van der Waals surface area contributed by atoms with Crippen LogP contribution in [-0.4, -0.2) is 26.3 Å². The molecule has 4 aromatic carbocycles. The van der Waals surface area contributed by atoms with Crippen LogP contribution in [0.15, 0.2) is 97.1 Å². The molecule has 2 aliphatic carbocycles. The second-order valence-electron chi connectivity index (χ2n) is 8.02. The molecule has 0 saturated heterocycles. The van der Waals surface area contributed by atoms with Gasteiger partial charge in [-0.15, -0.1) is 0 Å². The van der Waals surface area contributed by atoms with E-state index in [1.54, 1.807) is 22.3 Å². The van der Waals surface area contributed by atoms with Crippen LogP contribution in [0.5, 0.6) is 0 Å². The summed E-state index contributed by atoms with van der Waals surface area (Å²) in [5.41, 5.74) is 12.0. The first kappa shape index (κ1) is 18.7. The monoisotopic (exact) mass is 518 g/mol. The summed E-state index contributed by atoms with van der Waals surface area (Å²) in [6.07, 6.45) is 0. The maximum absolute atomic E-state index is 2.35. The van der Waals surface area contributed by atoms with Crippen molar-refractivity contribution < 1.29 is 0 Å². The van der Waals surface area contributed by atoms with Crippen molar-refractivity contribution in [2.24, 2.45) is 0 Å². The van der Waals surface area contributed by atoms with E-state index < -0.39 is 0 Å². The summed E-state index contributed by atoms with van der Waals surface area (Å²) in [5, 5.41) is 2.66. The standard InChI is InChI=1S/C28H22Se2/c1-5-13-23-19(9-1)20-10-2-6-14-24(20)27(23)17-29-30-18-28-25-15-7-3-11-21(25)22-12-4-8-16-26(22)28/h1-16,27-28H,17-18H2. The Morgan fingerprint density at radius 3 is 0.967 bits per heavy atom. The first-order valence-electron chi connectivity index (χ1n) is 10.5. The zero-order valence-corrected chi connectivity index (χ0v) is 20.0. The minimum absolute atomic E-state index is 0.599. The Labute approximate surface area is 189 Å². The Kier molecular flexibility index (Phi) is 4.90. The van der Waals surface area contributed by atoms with E-state index in [2.05, 4.69) is 97.1 Å². The molecule has 6 rings (SSSR count). The molecule has 0 fully saturated rings. The van der Waals surface area contributed by atoms with Gasteiger partial charge >= 0.3 is 190 Å². The molecule has 2 heteroatoms. The quantitative estimate of drug-likeness (QED) is 0.203. The summed E-state index contributed by atoms with van der Waals surface area (Å²) >= 11 is 1.41. The molecule has 0 aromatic heterocycles. The summed E-state index contributed by atoms with van der Waals surface area (Å²) in [5.74, 6) is 1.20. The van der Waals surface area contributed by atoms with Crippen LogP contribution in [0, 0.1) is 0 Å². The van der Waals surface area contributed by atoms with Crippen LogP contribution in [0.25, 0.3) is 22.3 Å². The molecule has 0 nitrogen and oxygen atoms in total. The Morgan fingerprint density at radius 2 is 0.667 bits per heavy atom. The molecule has 0 aliphatic heterocycles. The van der Waals surface area contributed by atoms with Crippen molar-refractivity contribution in [1.29, 1.82) is 0 Å². The molecule has 146 valence electrons. The van der Waals surface area contributed by atoms with E-state index in [0.29, 0.717) is 38.1 Å². The third kappa shape index (κ3) is 3.03. The van der Waals surface area contributed by atoms with Gasteiger partial charge in [0, 0.05) is 0 Å². The van der Waals surface area contributed by atoms with Crippen molar-refractivity contribution in [2.45, 2.75) is 22.5 Å². The molecule has 0 saturated carbocycles. The van der Waals surface area contributed by atoms with Crippen molar-refractivity contribution >= 4 is 26.3 Å². The fourth-order valence-electron chi connectivity index (χ4n) is 5.11. The molecule has 30 heavy (non-hydrogen) atoms. The van der Waals surface area contributed by atoms with Gasteiger partial charge in [0.1, 0.15) is 0 Å². The topological polar surface area (TPSA) is 0 Å². The average Bonchev–Trinajstić information content (AvgIpc) is 3.30. The second-order valence-corrected chi connectivity index (χ2v) is 15.6. The van der Waals surface area contributed by atoms with E-state index in [-0.39, 0.29) is 0 Å². The van der Waals surface area contributed by atoms with E-state index in [1.165, 1.54) is 32.9 Å². The molecule has 0 spiro atoms. The molecule has 2 aliphatic rings. The second kappa shape index (κ2) is 7.88. The molecule has 0 heterocycles. The van der Waals surface area contributed by atoms with Gasteiger partial charge in [0.25, 0.3) is 0 Å². The first-order chi connectivity index (χ1) is 14.9. The SMILES string of the molecule is c1ccc2c(c1)-c1ccccc1C2C[Se][Se]CC1c2ccccc2-c2ccccc21. The van der Waals surface area contributed by atoms with Crippen molar-refractivity contribution in [3.8, 4) is 22.3 Å². The maximum atomic E-state index is 2.35. The van der Waals surface area contributed by atoms with Crippen molar-refractivity contribution in [1.82, 2.24) is 0 Å². The predicted octanol–water partition coefficient (Wildman–Crippen LogP) is 6.77. The molecular weight excluding hydrogens is 494 g/mol. The minimum atomic E-state index is 0.599. The van der Waals surface area contributed by atoms with Gasteiger partial charge in [-0.3, -0.25) is 0 Å². The van der Waals surface area contributed by atoms with Crippen LogP contribution >= 0.6 is 0 Å². The number of rotatable bonds is 5. The molecule has 4 aromatic rings. The van der Waals surface area contributed by atoms with E-state index in [9.17, 15) is 0 Å². The molecule has 0 bridgehead atoms. The summed E-state index contributed by atoms with van der Waals surface area (Å²) < 4.78 is 0. The Balaban J connectivity index is 1.19. The third-order valence-electron chi connectivity index (χ3n) is 6.48. The zero-order chi connectivity index (χ0) is 19.9. The van der Waals surface area contributed by atoms with E-state index >= 15 is 0 Å². The molecule has 0 radical (unpaired) electrons. The van der Waals surface area contributed by atoms with Crippen LogP contribution in [0.1, 0.15) is 34.1 Å². The van der Waals surface area contributed by atoms with Gasteiger partial charge in [-0.05, 0) is 0 Å². The van der Waals surface area contributed by atoms with E-state index in [0.717, 1.165) is 0 Å². The van der Waals surface area contributed by atoms with Gasteiger partial charge in [0.05, 0.1) is 0 Å². The summed E-state index contributed by atoms with van der Waals surface area (Å²) in [6.45, 7) is 0. The molecule has 0 amide bonds. The molecule has 0 N–H and O–H groups in total. The van der Waals surface area contributed by atoms with E-state index in [4.69, 9.17) is 0 Å². The number of benzene rings is 4. The summed E-state index contributed by atoms with van der Waals surface area (Å²) in [4.78, 5) is 0.